The first-order valence-electron chi connectivity index (χ1n) is 10.2. The summed E-state index contributed by atoms with van der Waals surface area (Å²) in [5.41, 5.74) is 3.30. The number of nitrogens with zero attached hydrogens (tertiary/aromatic N) is 2. The maximum atomic E-state index is 13.5. The van der Waals surface area contributed by atoms with Gasteiger partial charge in [-0.1, -0.05) is 48.0 Å². The van der Waals surface area contributed by atoms with Gasteiger partial charge in [-0.15, -0.1) is 0 Å². The van der Waals surface area contributed by atoms with Crippen molar-refractivity contribution in [1.82, 2.24) is 0 Å². The van der Waals surface area contributed by atoms with Gasteiger partial charge in [0.2, 0.25) is 5.91 Å². The second-order valence-corrected chi connectivity index (χ2v) is 7.78. The lowest BCUT2D eigenvalue weighted by Gasteiger charge is -2.28. The molecule has 6 heteroatoms. The molecule has 6 nitrogen and oxygen atoms in total. The molecule has 3 aromatic rings. The van der Waals surface area contributed by atoms with E-state index in [2.05, 4.69) is 0 Å². The number of amides is 2. The molecular weight excluding hydrogens is 392 g/mol. The summed E-state index contributed by atoms with van der Waals surface area (Å²) >= 11 is 0. The summed E-state index contributed by atoms with van der Waals surface area (Å²) in [5.74, 6) is -0.505. The molecular formula is C25H22N2O4. The number of hydroxylamine groups is 1. The van der Waals surface area contributed by atoms with Gasteiger partial charge in [-0.05, 0) is 48.9 Å². The minimum atomic E-state index is -0.874. The largest absolute Gasteiger partial charge is 0.497 e. The van der Waals surface area contributed by atoms with Crippen LogP contribution in [0.25, 0.3) is 0 Å². The first-order valence-corrected chi connectivity index (χ1v) is 10.2. The maximum absolute atomic E-state index is 13.5. The van der Waals surface area contributed by atoms with E-state index in [1.165, 1.54) is 4.90 Å². The van der Waals surface area contributed by atoms with Crippen molar-refractivity contribution in [2.75, 3.05) is 17.1 Å². The average molecular weight is 414 g/mol. The predicted octanol–water partition coefficient (Wildman–Crippen LogP) is 4.05. The van der Waals surface area contributed by atoms with Crippen molar-refractivity contribution in [2.24, 2.45) is 5.92 Å². The Hall–Kier alpha value is -3.64. The van der Waals surface area contributed by atoms with Crippen molar-refractivity contribution in [3.63, 3.8) is 0 Å². The third-order valence-corrected chi connectivity index (χ3v) is 5.88. The van der Waals surface area contributed by atoms with Gasteiger partial charge < -0.3 is 4.74 Å². The second-order valence-electron chi connectivity index (χ2n) is 7.78. The monoisotopic (exact) mass is 414 g/mol. The molecule has 0 saturated carbocycles. The third kappa shape index (κ3) is 3.16. The first kappa shape index (κ1) is 19.3. The fourth-order valence-electron chi connectivity index (χ4n) is 4.30. The summed E-state index contributed by atoms with van der Waals surface area (Å²) in [6, 6.07) is 24.0. The second kappa shape index (κ2) is 7.56. The summed E-state index contributed by atoms with van der Waals surface area (Å²) in [5, 5.41) is 1.69. The molecule has 0 aliphatic carbocycles. The van der Waals surface area contributed by atoms with Crippen LogP contribution in [0.5, 0.6) is 5.75 Å². The summed E-state index contributed by atoms with van der Waals surface area (Å²) < 4.78 is 5.25. The standard InChI is InChI=1S/C25H22N2O4/c1-16-8-10-18(11-9-16)26-24(28)21-22(17-6-4-3-5-7-17)27(31-23(21)25(26)29)19-12-14-20(30-2)15-13-19/h3-15,21-23H,1-2H3/t21-,22+,23-/m0/s1. The van der Waals surface area contributed by atoms with E-state index in [9.17, 15) is 9.59 Å². The van der Waals surface area contributed by atoms with Gasteiger partial charge in [0.15, 0.2) is 6.10 Å². The Morgan fingerprint density at radius 3 is 2.10 bits per heavy atom. The summed E-state index contributed by atoms with van der Waals surface area (Å²) in [6.07, 6.45) is -0.874. The highest BCUT2D eigenvalue weighted by molar-refractivity contribution is 6.23. The molecule has 0 bridgehead atoms. The Kier molecular flexibility index (Phi) is 4.71. The number of hydrogen-bond donors (Lipinski definition) is 0. The number of rotatable bonds is 4. The molecule has 156 valence electrons. The molecule has 3 aromatic carbocycles. The van der Waals surface area contributed by atoms with Crippen LogP contribution >= 0.6 is 0 Å². The van der Waals surface area contributed by atoms with Crippen LogP contribution in [0.4, 0.5) is 11.4 Å². The van der Waals surface area contributed by atoms with Crippen molar-refractivity contribution in [1.29, 1.82) is 0 Å². The summed E-state index contributed by atoms with van der Waals surface area (Å²) in [6.45, 7) is 1.97. The molecule has 2 aliphatic heterocycles. The molecule has 2 aliphatic rings. The van der Waals surface area contributed by atoms with Gasteiger partial charge in [-0.2, -0.15) is 0 Å². The lowest BCUT2D eigenvalue weighted by molar-refractivity contribution is -0.126. The molecule has 2 fully saturated rings. The highest BCUT2D eigenvalue weighted by atomic mass is 16.7. The Morgan fingerprint density at radius 2 is 1.45 bits per heavy atom. The fourth-order valence-corrected chi connectivity index (χ4v) is 4.30. The molecule has 0 radical (unpaired) electrons. The van der Waals surface area contributed by atoms with Gasteiger partial charge in [0.05, 0.1) is 24.5 Å². The van der Waals surface area contributed by atoms with E-state index in [4.69, 9.17) is 9.57 Å². The molecule has 0 N–H and O–H groups in total. The molecule has 5 rings (SSSR count). The van der Waals surface area contributed by atoms with E-state index in [-0.39, 0.29) is 11.8 Å². The van der Waals surface area contributed by atoms with Crippen LogP contribution in [-0.4, -0.2) is 25.0 Å². The number of benzene rings is 3. The van der Waals surface area contributed by atoms with Gasteiger partial charge in [0.1, 0.15) is 11.7 Å². The Morgan fingerprint density at radius 1 is 0.806 bits per heavy atom. The molecule has 0 aromatic heterocycles. The SMILES string of the molecule is COc1ccc(N2O[C@@H]3C(=O)N(c4ccc(C)cc4)C(=O)[C@H]3[C@H]2c2ccccc2)cc1. The first-order chi connectivity index (χ1) is 15.1. The van der Waals surface area contributed by atoms with Crippen LogP contribution in [0.3, 0.4) is 0 Å². The number of aryl methyl sites for hydroxylation is 1. The maximum Gasteiger partial charge on any atom is 0.266 e. The number of fused-ring (bicyclic) bond motifs is 1. The number of anilines is 2. The van der Waals surface area contributed by atoms with Crippen molar-refractivity contribution >= 4 is 23.2 Å². The zero-order chi connectivity index (χ0) is 21.5. The van der Waals surface area contributed by atoms with Gasteiger partial charge >= 0.3 is 0 Å². The van der Waals surface area contributed by atoms with Gasteiger partial charge in [0, 0.05) is 0 Å². The van der Waals surface area contributed by atoms with E-state index >= 15 is 0 Å². The molecule has 31 heavy (non-hydrogen) atoms. The third-order valence-electron chi connectivity index (χ3n) is 5.88. The van der Waals surface area contributed by atoms with Crippen LogP contribution in [0, 0.1) is 12.8 Å². The topological polar surface area (TPSA) is 59.1 Å². The number of hydrogen-bond acceptors (Lipinski definition) is 5. The van der Waals surface area contributed by atoms with Gasteiger partial charge in [-0.3, -0.25) is 14.4 Å². The zero-order valence-corrected chi connectivity index (χ0v) is 17.3. The minimum absolute atomic E-state index is 0.247. The predicted molar refractivity (Wildman–Crippen MR) is 117 cm³/mol. The van der Waals surface area contributed by atoms with Crippen molar-refractivity contribution in [3.8, 4) is 5.75 Å². The average Bonchev–Trinajstić information content (AvgIpc) is 3.31. The zero-order valence-electron chi connectivity index (χ0n) is 17.3. The quantitative estimate of drug-likeness (QED) is 0.603. The van der Waals surface area contributed by atoms with Crippen LogP contribution in [0.1, 0.15) is 17.2 Å². The Labute approximate surface area is 180 Å². The van der Waals surface area contributed by atoms with Crippen molar-refractivity contribution in [3.05, 3.63) is 90.0 Å². The van der Waals surface area contributed by atoms with Crippen LogP contribution < -0.4 is 14.7 Å². The fraction of sp³-hybridized carbons (Fsp3) is 0.200. The van der Waals surface area contributed by atoms with Crippen molar-refractivity contribution in [2.45, 2.75) is 19.1 Å². The molecule has 3 atom stereocenters. The van der Waals surface area contributed by atoms with E-state index in [1.807, 2.05) is 73.7 Å². The Bertz CT molecular complexity index is 1110. The molecule has 2 saturated heterocycles. The van der Waals surface area contributed by atoms with Gasteiger partial charge in [0.25, 0.3) is 5.91 Å². The van der Waals surface area contributed by atoms with E-state index < -0.39 is 18.1 Å². The highest BCUT2D eigenvalue weighted by Crippen LogP contribution is 2.47. The van der Waals surface area contributed by atoms with Crippen LogP contribution in [0.2, 0.25) is 0 Å². The van der Waals surface area contributed by atoms with E-state index in [1.54, 1.807) is 24.3 Å². The molecule has 0 spiro atoms. The van der Waals surface area contributed by atoms with Gasteiger partial charge in [-0.25, -0.2) is 9.96 Å². The lowest BCUT2D eigenvalue weighted by Crippen LogP contribution is -2.37. The van der Waals surface area contributed by atoms with Crippen LogP contribution in [0.15, 0.2) is 78.9 Å². The molecule has 2 heterocycles. The number of methoxy groups -OCH3 is 1. The number of ether oxygens (including phenoxy) is 1. The Balaban J connectivity index is 1.55. The summed E-state index contributed by atoms with van der Waals surface area (Å²) in [7, 11) is 1.61. The lowest BCUT2D eigenvalue weighted by atomic mass is 9.90. The molecule has 2 amide bonds. The molecule has 0 unspecified atom stereocenters. The van der Waals surface area contributed by atoms with E-state index in [0.717, 1.165) is 22.6 Å². The smallest absolute Gasteiger partial charge is 0.266 e. The number of imide groups is 1. The summed E-state index contributed by atoms with van der Waals surface area (Å²) in [4.78, 5) is 34.2. The number of carbonyl (C=O) groups is 2. The normalized spacial score (nSPS) is 22.7. The minimum Gasteiger partial charge on any atom is -0.497 e. The van der Waals surface area contributed by atoms with Crippen LogP contribution in [-0.2, 0) is 14.4 Å². The van der Waals surface area contributed by atoms with E-state index in [0.29, 0.717) is 5.69 Å². The number of carbonyl (C=O) groups excluding carboxylic acids is 2. The highest BCUT2D eigenvalue weighted by Gasteiger charge is 2.60. The van der Waals surface area contributed by atoms with Crippen molar-refractivity contribution < 1.29 is 19.2 Å².